The van der Waals surface area contributed by atoms with Crippen LogP contribution in [0.4, 0.5) is 30.7 Å². The van der Waals surface area contributed by atoms with Gasteiger partial charge in [0.15, 0.2) is 7.26 Å². The molecule has 8 heteroatoms. The highest BCUT2D eigenvalue weighted by atomic mass is 31.2. The van der Waals surface area contributed by atoms with Gasteiger partial charge < -0.3 is 0 Å². The van der Waals surface area contributed by atoms with Crippen LogP contribution in [0.5, 0.6) is 0 Å². The van der Waals surface area contributed by atoms with Crippen molar-refractivity contribution in [2.24, 2.45) is 0 Å². The number of rotatable bonds is 7. The molecule has 0 nitrogen and oxygen atoms in total. The van der Waals surface area contributed by atoms with Gasteiger partial charge in [0.25, 0.3) is 5.91 Å². The normalized spacial score (nSPS) is 14.0. The Kier molecular flexibility index (Phi) is 6.23. The Morgan fingerprint density at radius 1 is 0.500 bits per heavy atom. The Bertz CT molecular complexity index is 850. The summed E-state index contributed by atoms with van der Waals surface area (Å²) in [6.07, 6.45) is -4.73. The van der Waals surface area contributed by atoms with Crippen molar-refractivity contribution in [3.8, 4) is 0 Å². The van der Waals surface area contributed by atoms with Crippen LogP contribution in [0.3, 0.4) is 0 Å². The van der Waals surface area contributed by atoms with Gasteiger partial charge in [0, 0.05) is 0 Å². The molecule has 1 atom stereocenters. The molecule has 1 unspecified atom stereocenters. The van der Waals surface area contributed by atoms with Crippen LogP contribution < -0.4 is 15.9 Å². The summed E-state index contributed by atoms with van der Waals surface area (Å²) in [7, 11) is -4.13. The number of hydrogen-bond donors (Lipinski definition) is 0. The van der Waals surface area contributed by atoms with E-state index in [0.29, 0.717) is 0 Å². The van der Waals surface area contributed by atoms with Crippen molar-refractivity contribution in [2.45, 2.75) is 24.2 Å². The predicted octanol–water partition coefficient (Wildman–Crippen LogP) is 5.81. The Hall–Kier alpha value is -2.40. The molecule has 0 aromatic heterocycles. The van der Waals surface area contributed by atoms with Gasteiger partial charge >= 0.3 is 18.3 Å². The van der Waals surface area contributed by atoms with Crippen molar-refractivity contribution >= 4 is 23.2 Å². The van der Waals surface area contributed by atoms with Crippen LogP contribution in [0.25, 0.3) is 0 Å². The van der Waals surface area contributed by atoms with Crippen LogP contribution in [0.2, 0.25) is 0 Å². The van der Waals surface area contributed by atoms with E-state index >= 15 is 4.39 Å². The molecule has 0 bridgehead atoms. The monoisotopic (exact) mass is 445 g/mol. The first-order valence-electron chi connectivity index (χ1n) is 8.90. The highest BCUT2D eigenvalue weighted by Crippen LogP contribution is 2.66. The summed E-state index contributed by atoms with van der Waals surface area (Å²) >= 11 is 0. The molecule has 3 aromatic rings. The molecule has 0 aliphatic heterocycles. The second-order valence-corrected chi connectivity index (χ2v) is 10.1. The molecule has 0 spiro atoms. The van der Waals surface area contributed by atoms with Gasteiger partial charge in [-0.15, -0.1) is 0 Å². The van der Waals surface area contributed by atoms with Gasteiger partial charge in [0.1, 0.15) is 15.9 Å². The van der Waals surface area contributed by atoms with Crippen LogP contribution in [0.15, 0.2) is 91.0 Å². The molecule has 0 N–H and O–H groups in total. The Balaban J connectivity index is 2.40. The van der Waals surface area contributed by atoms with Crippen LogP contribution in [0, 0.1) is 0 Å². The lowest BCUT2D eigenvalue weighted by Crippen LogP contribution is -2.56. The van der Waals surface area contributed by atoms with E-state index in [-0.39, 0.29) is 15.9 Å². The zero-order chi connectivity index (χ0) is 22.0. The SMILES string of the molecule is FC(F)C(F)(F)C(F)(F)C(F)[P+](c1ccccc1)(c1ccccc1)c1ccccc1. The van der Waals surface area contributed by atoms with E-state index in [1.165, 1.54) is 72.8 Å². The minimum Gasteiger partial charge on any atom is -0.203 e. The number of hydrogen-bond acceptors (Lipinski definition) is 0. The zero-order valence-corrected chi connectivity index (χ0v) is 16.3. The Labute approximate surface area is 169 Å². The fourth-order valence-electron chi connectivity index (χ4n) is 3.38. The largest absolute Gasteiger partial charge is 0.380 e. The minimum atomic E-state index is -5.85. The average molecular weight is 445 g/mol. The van der Waals surface area contributed by atoms with Crippen molar-refractivity contribution in [1.82, 2.24) is 0 Å². The Morgan fingerprint density at radius 3 is 1.07 bits per heavy atom. The molecule has 30 heavy (non-hydrogen) atoms. The molecule has 0 saturated carbocycles. The molecule has 158 valence electrons. The summed E-state index contributed by atoms with van der Waals surface area (Å²) in [5, 5.41) is 0.124. The van der Waals surface area contributed by atoms with Gasteiger partial charge in [-0.3, -0.25) is 0 Å². The highest BCUT2D eigenvalue weighted by molar-refractivity contribution is 7.96. The maximum Gasteiger partial charge on any atom is 0.380 e. The molecular formula is C22H17F7P+. The van der Waals surface area contributed by atoms with E-state index in [0.717, 1.165) is 0 Å². The van der Waals surface area contributed by atoms with Crippen LogP contribution in [0.1, 0.15) is 0 Å². The third-order valence-electron chi connectivity index (χ3n) is 4.85. The predicted molar refractivity (Wildman–Crippen MR) is 106 cm³/mol. The van der Waals surface area contributed by atoms with Crippen molar-refractivity contribution in [2.75, 3.05) is 0 Å². The fraction of sp³-hybridized carbons (Fsp3) is 0.182. The molecule has 3 aromatic carbocycles. The maximum atomic E-state index is 15.9. The van der Waals surface area contributed by atoms with Gasteiger partial charge in [0.05, 0.1) is 0 Å². The molecule has 0 heterocycles. The summed E-state index contributed by atoms with van der Waals surface area (Å²) in [5.74, 6) is -15.1. The number of halogens is 7. The van der Waals surface area contributed by atoms with Gasteiger partial charge in [-0.1, -0.05) is 54.6 Å². The molecule has 3 rings (SSSR count). The molecule has 0 aliphatic rings. The topological polar surface area (TPSA) is 0 Å². The highest BCUT2D eigenvalue weighted by Gasteiger charge is 2.76. The third-order valence-corrected chi connectivity index (χ3v) is 9.19. The minimum absolute atomic E-state index is 0.0413. The lowest BCUT2D eigenvalue weighted by atomic mass is 10.2. The van der Waals surface area contributed by atoms with Crippen molar-refractivity contribution < 1.29 is 30.7 Å². The summed E-state index contributed by atoms with van der Waals surface area (Å²) in [6, 6.07) is 21.6. The van der Waals surface area contributed by atoms with E-state index < -0.39 is 31.4 Å². The summed E-state index contributed by atoms with van der Waals surface area (Å²) in [4.78, 5) is 0. The molecule has 0 radical (unpaired) electrons. The summed E-state index contributed by atoms with van der Waals surface area (Å²) < 4.78 is 99.2. The van der Waals surface area contributed by atoms with Crippen LogP contribution >= 0.6 is 7.26 Å². The van der Waals surface area contributed by atoms with Crippen molar-refractivity contribution in [3.63, 3.8) is 0 Å². The second-order valence-electron chi connectivity index (χ2n) is 6.61. The molecule has 0 amide bonds. The smallest absolute Gasteiger partial charge is 0.203 e. The molecular weight excluding hydrogens is 428 g/mol. The molecule has 0 fully saturated rings. The van der Waals surface area contributed by atoms with Crippen molar-refractivity contribution in [3.05, 3.63) is 91.0 Å². The Morgan fingerprint density at radius 2 is 0.800 bits per heavy atom. The third kappa shape index (κ3) is 3.49. The average Bonchev–Trinajstić information content (AvgIpc) is 2.76. The van der Waals surface area contributed by atoms with E-state index in [1.54, 1.807) is 18.2 Å². The first-order chi connectivity index (χ1) is 14.2. The quantitative estimate of drug-likeness (QED) is 0.318. The number of benzene rings is 3. The van der Waals surface area contributed by atoms with Crippen LogP contribution in [-0.4, -0.2) is 24.2 Å². The van der Waals surface area contributed by atoms with Gasteiger partial charge in [0.2, 0.25) is 0 Å². The van der Waals surface area contributed by atoms with E-state index in [2.05, 4.69) is 0 Å². The van der Waals surface area contributed by atoms with Gasteiger partial charge in [-0.25, -0.2) is 8.78 Å². The molecule has 0 saturated heterocycles. The van der Waals surface area contributed by atoms with Crippen LogP contribution in [-0.2, 0) is 0 Å². The first-order valence-corrected chi connectivity index (χ1v) is 10.8. The molecule has 0 aliphatic carbocycles. The second kappa shape index (κ2) is 8.38. The summed E-state index contributed by atoms with van der Waals surface area (Å²) in [6.45, 7) is 0. The first kappa shape index (κ1) is 22.3. The summed E-state index contributed by atoms with van der Waals surface area (Å²) in [5.41, 5.74) is 0. The number of alkyl halides is 7. The lowest BCUT2D eigenvalue weighted by molar-refractivity contribution is -0.274. The van der Waals surface area contributed by atoms with E-state index in [9.17, 15) is 26.3 Å². The standard InChI is InChI=1S/C22H17F7P/c23-19(24)21(26,27)22(28,29)20(25)30(16-10-4-1-5-11-16,17-12-6-2-7-13-17)18-14-8-3-9-15-18/h1-15,19-20H/q+1. The van der Waals surface area contributed by atoms with Crippen molar-refractivity contribution in [1.29, 1.82) is 0 Å². The van der Waals surface area contributed by atoms with E-state index in [4.69, 9.17) is 0 Å². The maximum absolute atomic E-state index is 15.9. The van der Waals surface area contributed by atoms with E-state index in [1.807, 2.05) is 0 Å². The zero-order valence-electron chi connectivity index (χ0n) is 15.4. The lowest BCUT2D eigenvalue weighted by Gasteiger charge is -2.36. The van der Waals surface area contributed by atoms with Gasteiger partial charge in [-0.05, 0) is 36.4 Å². The van der Waals surface area contributed by atoms with Gasteiger partial charge in [-0.2, -0.15) is 22.0 Å². The fourth-order valence-corrected chi connectivity index (χ4v) is 7.64.